The molecule has 218 valence electrons. The third kappa shape index (κ3) is 7.60. The van der Waals surface area contributed by atoms with Gasteiger partial charge in [0.2, 0.25) is 10.0 Å². The van der Waals surface area contributed by atoms with Crippen molar-refractivity contribution in [1.29, 1.82) is 0 Å². The molecule has 1 saturated carbocycles. The fraction of sp³-hybridized carbons (Fsp3) is 0.433. The molecule has 1 saturated heterocycles. The zero-order valence-corrected chi connectivity index (χ0v) is 23.7. The Morgan fingerprint density at radius 3 is 2.20 bits per heavy atom. The number of para-hydroxylation sites is 1. The van der Waals surface area contributed by atoms with E-state index in [0.29, 0.717) is 60.5 Å². The van der Waals surface area contributed by atoms with Gasteiger partial charge in [-0.3, -0.25) is 4.79 Å². The van der Waals surface area contributed by atoms with Crippen LogP contribution in [-0.2, 0) is 19.5 Å². The molecule has 5 rings (SSSR count). The number of hydrogen-bond donors (Lipinski definition) is 3. The van der Waals surface area contributed by atoms with Crippen molar-refractivity contribution in [3.63, 3.8) is 0 Å². The first-order valence-corrected chi connectivity index (χ1v) is 15.6. The number of pyridine rings is 1. The number of nitrogens with zero attached hydrogens (tertiary/aromatic N) is 1. The Morgan fingerprint density at radius 2 is 1.54 bits per heavy atom. The highest BCUT2D eigenvalue weighted by atomic mass is 32.2. The van der Waals surface area contributed by atoms with Crippen molar-refractivity contribution in [3.8, 4) is 11.3 Å². The van der Waals surface area contributed by atoms with E-state index in [2.05, 4.69) is 10.6 Å². The standard InChI is InChI=1S/C30H36N4O6S/c31-41(37,38)24-11-9-22(10-12-24)28-17-26(25-3-1-2-4-27(25)34-28)29(35)32-18-20-5-7-21(8-6-20)19-33-30(36)40-23-13-15-39-16-14-23/h1-4,9-12,17,20-21,23H,5-8,13-16,18-19H2,(H,32,35)(H,33,36)(H2,31,37,38). The number of fused-ring (bicyclic) bond motifs is 1. The van der Waals surface area contributed by atoms with Gasteiger partial charge in [-0.05, 0) is 61.8 Å². The van der Waals surface area contributed by atoms with Crippen molar-refractivity contribution in [3.05, 3.63) is 60.2 Å². The van der Waals surface area contributed by atoms with E-state index in [-0.39, 0.29) is 23.0 Å². The number of aromatic nitrogens is 1. The lowest BCUT2D eigenvalue weighted by Gasteiger charge is -2.29. The summed E-state index contributed by atoms with van der Waals surface area (Å²) in [6.07, 6.45) is 4.98. The van der Waals surface area contributed by atoms with E-state index < -0.39 is 10.0 Å². The van der Waals surface area contributed by atoms with Crippen molar-refractivity contribution in [2.24, 2.45) is 17.0 Å². The largest absolute Gasteiger partial charge is 0.446 e. The molecule has 0 radical (unpaired) electrons. The minimum Gasteiger partial charge on any atom is -0.446 e. The Hall–Kier alpha value is -3.54. The maximum Gasteiger partial charge on any atom is 0.407 e. The van der Waals surface area contributed by atoms with E-state index >= 15 is 0 Å². The number of alkyl carbamates (subject to hydrolysis) is 1. The third-order valence-electron chi connectivity index (χ3n) is 7.93. The molecule has 4 N–H and O–H groups in total. The van der Waals surface area contributed by atoms with Gasteiger partial charge >= 0.3 is 6.09 Å². The molecule has 0 bridgehead atoms. The van der Waals surface area contributed by atoms with Gasteiger partial charge in [0.15, 0.2) is 0 Å². The Balaban J connectivity index is 1.16. The first-order valence-electron chi connectivity index (χ1n) is 14.1. The highest BCUT2D eigenvalue weighted by Crippen LogP contribution is 2.29. The molecule has 0 atom stereocenters. The molecular formula is C30H36N4O6S. The van der Waals surface area contributed by atoms with Gasteiger partial charge in [0, 0.05) is 36.9 Å². The SMILES string of the molecule is NS(=O)(=O)c1ccc(-c2cc(C(=O)NCC3CCC(CNC(=O)OC4CCOCC4)CC3)c3ccccc3n2)cc1. The Morgan fingerprint density at radius 1 is 0.902 bits per heavy atom. The van der Waals surface area contributed by atoms with Crippen LogP contribution in [0.2, 0.25) is 0 Å². The van der Waals surface area contributed by atoms with Gasteiger partial charge in [0.05, 0.1) is 34.9 Å². The fourth-order valence-corrected chi connectivity index (χ4v) is 6.03. The second-order valence-corrected chi connectivity index (χ2v) is 12.4. The summed E-state index contributed by atoms with van der Waals surface area (Å²) in [7, 11) is -3.81. The maximum absolute atomic E-state index is 13.4. The van der Waals surface area contributed by atoms with Crippen LogP contribution in [0.5, 0.6) is 0 Å². The zero-order valence-electron chi connectivity index (χ0n) is 22.9. The summed E-state index contributed by atoms with van der Waals surface area (Å²) in [5.74, 6) is 0.588. The minimum absolute atomic E-state index is 0.0143. The number of nitrogens with one attached hydrogen (secondary N) is 2. The minimum atomic E-state index is -3.81. The van der Waals surface area contributed by atoms with E-state index in [4.69, 9.17) is 19.6 Å². The number of sulfonamides is 1. The number of nitrogens with two attached hydrogens (primary N) is 1. The average molecular weight is 581 g/mol. The lowest BCUT2D eigenvalue weighted by Crippen LogP contribution is -2.37. The number of carbonyl (C=O) groups is 2. The zero-order chi connectivity index (χ0) is 28.8. The van der Waals surface area contributed by atoms with Crippen molar-refractivity contribution >= 4 is 32.9 Å². The lowest BCUT2D eigenvalue weighted by molar-refractivity contribution is 0.00123. The Kier molecular flexibility index (Phi) is 9.16. The van der Waals surface area contributed by atoms with Crippen molar-refractivity contribution < 1.29 is 27.5 Å². The van der Waals surface area contributed by atoms with Gasteiger partial charge < -0.3 is 20.1 Å². The number of rotatable bonds is 8. The lowest BCUT2D eigenvalue weighted by atomic mass is 9.82. The number of primary sulfonamides is 1. The Labute approximate surface area is 240 Å². The third-order valence-corrected chi connectivity index (χ3v) is 8.86. The van der Waals surface area contributed by atoms with Crippen LogP contribution in [0.25, 0.3) is 22.2 Å². The van der Waals surface area contributed by atoms with Gasteiger partial charge in [-0.2, -0.15) is 0 Å². The highest BCUT2D eigenvalue weighted by Gasteiger charge is 2.24. The summed E-state index contributed by atoms with van der Waals surface area (Å²) >= 11 is 0. The molecule has 2 heterocycles. The molecule has 2 amide bonds. The summed E-state index contributed by atoms with van der Waals surface area (Å²) < 4.78 is 34.0. The molecule has 1 aliphatic carbocycles. The number of benzene rings is 2. The van der Waals surface area contributed by atoms with E-state index in [1.54, 1.807) is 18.2 Å². The van der Waals surface area contributed by atoms with Crippen LogP contribution >= 0.6 is 0 Å². The summed E-state index contributed by atoms with van der Waals surface area (Å²) in [4.78, 5) is 30.2. The second-order valence-electron chi connectivity index (χ2n) is 10.8. The van der Waals surface area contributed by atoms with E-state index in [9.17, 15) is 18.0 Å². The average Bonchev–Trinajstić information content (AvgIpc) is 2.99. The number of hydrogen-bond acceptors (Lipinski definition) is 7. The normalized spacial score (nSPS) is 19.9. The summed E-state index contributed by atoms with van der Waals surface area (Å²) in [5, 5.41) is 12.0. The van der Waals surface area contributed by atoms with Gasteiger partial charge in [0.25, 0.3) is 5.91 Å². The fourth-order valence-electron chi connectivity index (χ4n) is 5.51. The molecule has 2 aromatic carbocycles. The molecular weight excluding hydrogens is 544 g/mol. The van der Waals surface area contributed by atoms with Gasteiger partial charge in [-0.1, -0.05) is 30.3 Å². The maximum atomic E-state index is 13.4. The van der Waals surface area contributed by atoms with Crippen LogP contribution in [-0.4, -0.2) is 57.8 Å². The van der Waals surface area contributed by atoms with E-state index in [0.717, 1.165) is 43.9 Å². The predicted molar refractivity (Wildman–Crippen MR) is 155 cm³/mol. The Bertz CT molecular complexity index is 1480. The molecule has 2 fully saturated rings. The summed E-state index contributed by atoms with van der Waals surface area (Å²) in [6.45, 7) is 2.44. The van der Waals surface area contributed by atoms with Gasteiger partial charge in [-0.15, -0.1) is 0 Å². The smallest absolute Gasteiger partial charge is 0.407 e. The predicted octanol–water partition coefficient (Wildman–Crippen LogP) is 3.99. The van der Waals surface area contributed by atoms with Crippen molar-refractivity contribution in [2.75, 3.05) is 26.3 Å². The van der Waals surface area contributed by atoms with Gasteiger partial charge in [-0.25, -0.2) is 23.3 Å². The molecule has 11 heteroatoms. The molecule has 41 heavy (non-hydrogen) atoms. The van der Waals surface area contributed by atoms with Crippen LogP contribution in [0.4, 0.5) is 4.79 Å². The number of ether oxygens (including phenoxy) is 2. The molecule has 2 aliphatic rings. The van der Waals surface area contributed by atoms with Crippen LogP contribution < -0.4 is 15.8 Å². The molecule has 1 aromatic heterocycles. The first kappa shape index (κ1) is 29.0. The monoisotopic (exact) mass is 580 g/mol. The quantitative estimate of drug-likeness (QED) is 0.365. The van der Waals surface area contributed by atoms with Crippen LogP contribution in [0, 0.1) is 11.8 Å². The van der Waals surface area contributed by atoms with E-state index in [1.807, 2.05) is 24.3 Å². The van der Waals surface area contributed by atoms with Crippen molar-refractivity contribution in [1.82, 2.24) is 15.6 Å². The van der Waals surface area contributed by atoms with Crippen LogP contribution in [0.15, 0.2) is 59.5 Å². The molecule has 0 spiro atoms. The molecule has 3 aromatic rings. The summed E-state index contributed by atoms with van der Waals surface area (Å²) in [6, 6.07) is 15.3. The number of amides is 2. The first-order chi connectivity index (χ1) is 19.8. The molecule has 1 aliphatic heterocycles. The topological polar surface area (TPSA) is 150 Å². The van der Waals surface area contributed by atoms with E-state index in [1.165, 1.54) is 12.1 Å². The van der Waals surface area contributed by atoms with Crippen molar-refractivity contribution in [2.45, 2.75) is 49.5 Å². The molecule has 0 unspecified atom stereocenters. The highest BCUT2D eigenvalue weighted by molar-refractivity contribution is 7.89. The van der Waals surface area contributed by atoms with Gasteiger partial charge in [0.1, 0.15) is 6.10 Å². The molecule has 10 nitrogen and oxygen atoms in total. The van der Waals surface area contributed by atoms with Crippen LogP contribution in [0.1, 0.15) is 48.9 Å². The van der Waals surface area contributed by atoms with Crippen LogP contribution in [0.3, 0.4) is 0 Å². The second kappa shape index (κ2) is 13.0. The summed E-state index contributed by atoms with van der Waals surface area (Å²) in [5.41, 5.74) is 2.44. The number of carbonyl (C=O) groups excluding carboxylic acids is 2.